The second-order valence-electron chi connectivity index (χ2n) is 6.19. The van der Waals surface area contributed by atoms with Crippen LogP contribution in [0.2, 0.25) is 0 Å². The Bertz CT molecular complexity index is 978. The first-order chi connectivity index (χ1) is 12.9. The van der Waals surface area contributed by atoms with Crippen molar-refractivity contribution >= 4 is 43.9 Å². The highest BCUT2D eigenvalue weighted by Gasteiger charge is 2.37. The monoisotopic (exact) mass is 429 g/mol. The summed E-state index contributed by atoms with van der Waals surface area (Å²) in [7, 11) is -3.21. The molecule has 0 spiro atoms. The molecule has 0 aliphatic carbocycles. The van der Waals surface area contributed by atoms with Crippen molar-refractivity contribution in [2.75, 3.05) is 30.0 Å². The van der Waals surface area contributed by atoms with Crippen LogP contribution in [0.25, 0.3) is 11.3 Å². The molecule has 1 fully saturated rings. The van der Waals surface area contributed by atoms with E-state index >= 15 is 0 Å². The molecule has 2 N–H and O–H groups in total. The van der Waals surface area contributed by atoms with E-state index in [0.717, 1.165) is 5.56 Å². The van der Waals surface area contributed by atoms with Crippen molar-refractivity contribution in [1.82, 2.24) is 10.3 Å². The van der Waals surface area contributed by atoms with Gasteiger partial charge in [-0.05, 0) is 18.2 Å². The SMILES string of the molecule is O=C(Nc1nc(-c2ccc3c(c2)OCCO3)cs1)N[C@@H]1CS(=O)(=O)C[C@H]1Cl. The van der Waals surface area contributed by atoms with Gasteiger partial charge in [0.2, 0.25) is 0 Å². The average molecular weight is 430 g/mol. The Morgan fingerprint density at radius 2 is 2.00 bits per heavy atom. The van der Waals surface area contributed by atoms with Gasteiger partial charge < -0.3 is 14.8 Å². The van der Waals surface area contributed by atoms with Crippen molar-refractivity contribution in [3.05, 3.63) is 23.6 Å². The molecule has 2 atom stereocenters. The molecule has 1 aromatic heterocycles. The van der Waals surface area contributed by atoms with Crippen molar-refractivity contribution in [3.8, 4) is 22.8 Å². The topological polar surface area (TPSA) is 107 Å². The lowest BCUT2D eigenvalue weighted by atomic mass is 10.1. The molecule has 2 aliphatic rings. The van der Waals surface area contributed by atoms with E-state index in [4.69, 9.17) is 21.1 Å². The maximum Gasteiger partial charge on any atom is 0.321 e. The predicted molar refractivity (Wildman–Crippen MR) is 103 cm³/mol. The third-order valence-corrected chi connectivity index (χ3v) is 7.30. The number of halogens is 1. The van der Waals surface area contributed by atoms with E-state index in [1.165, 1.54) is 11.3 Å². The standard InChI is InChI=1S/C16H16ClN3O5S2/c17-10-7-27(22,23)8-12(10)18-15(21)20-16-19-11(6-26-16)9-1-2-13-14(5-9)25-4-3-24-13/h1-2,5-6,10,12H,3-4,7-8H2,(H2,18,19,20,21)/t10-,12-/m1/s1. The number of nitrogens with one attached hydrogen (secondary N) is 2. The second-order valence-corrected chi connectivity index (χ2v) is 9.77. The van der Waals surface area contributed by atoms with E-state index < -0.39 is 27.3 Å². The fourth-order valence-electron chi connectivity index (χ4n) is 2.90. The Labute approximate surface area is 164 Å². The molecular formula is C16H16ClN3O5S2. The number of thiazole rings is 1. The predicted octanol–water partition coefficient (Wildman–Crippen LogP) is 2.11. The molecule has 11 heteroatoms. The van der Waals surface area contributed by atoms with Gasteiger partial charge in [0.25, 0.3) is 0 Å². The molecule has 0 saturated carbocycles. The third kappa shape index (κ3) is 4.12. The fraction of sp³-hybridized carbons (Fsp3) is 0.375. The van der Waals surface area contributed by atoms with E-state index in [2.05, 4.69) is 15.6 Å². The maximum absolute atomic E-state index is 12.1. The van der Waals surface area contributed by atoms with E-state index in [0.29, 0.717) is 35.5 Å². The van der Waals surface area contributed by atoms with Crippen LogP contribution in [0.15, 0.2) is 23.6 Å². The summed E-state index contributed by atoms with van der Waals surface area (Å²) < 4.78 is 34.2. The van der Waals surface area contributed by atoms with Gasteiger partial charge in [-0.2, -0.15) is 0 Å². The zero-order valence-electron chi connectivity index (χ0n) is 14.0. The van der Waals surface area contributed by atoms with Crippen LogP contribution in [-0.2, 0) is 9.84 Å². The Morgan fingerprint density at radius 3 is 2.74 bits per heavy atom. The van der Waals surface area contributed by atoms with Crippen molar-refractivity contribution in [2.24, 2.45) is 0 Å². The first-order valence-electron chi connectivity index (χ1n) is 8.17. The number of sulfone groups is 1. The van der Waals surface area contributed by atoms with Crippen LogP contribution in [0, 0.1) is 0 Å². The number of carbonyl (C=O) groups excluding carboxylic acids is 1. The molecule has 2 amide bonds. The summed E-state index contributed by atoms with van der Waals surface area (Å²) in [6.45, 7) is 1.02. The Morgan fingerprint density at radius 1 is 1.22 bits per heavy atom. The van der Waals surface area contributed by atoms with Crippen molar-refractivity contribution in [3.63, 3.8) is 0 Å². The number of anilines is 1. The molecule has 2 aromatic rings. The number of rotatable bonds is 3. The van der Waals surface area contributed by atoms with Crippen molar-refractivity contribution in [1.29, 1.82) is 0 Å². The molecule has 1 aromatic carbocycles. The number of nitrogens with zero attached hydrogens (tertiary/aromatic N) is 1. The summed E-state index contributed by atoms with van der Waals surface area (Å²) in [6, 6.07) is 4.38. The first kappa shape index (κ1) is 18.3. The summed E-state index contributed by atoms with van der Waals surface area (Å²) in [5.41, 5.74) is 1.53. The minimum Gasteiger partial charge on any atom is -0.486 e. The quantitative estimate of drug-likeness (QED) is 0.723. The van der Waals surface area contributed by atoms with E-state index in [9.17, 15) is 13.2 Å². The number of urea groups is 1. The van der Waals surface area contributed by atoms with Gasteiger partial charge in [0.1, 0.15) is 13.2 Å². The smallest absolute Gasteiger partial charge is 0.321 e. The van der Waals surface area contributed by atoms with Gasteiger partial charge in [-0.15, -0.1) is 22.9 Å². The number of ether oxygens (including phenoxy) is 2. The number of amides is 2. The van der Waals surface area contributed by atoms with Gasteiger partial charge in [0.15, 0.2) is 26.5 Å². The number of aromatic nitrogens is 1. The number of hydrogen-bond acceptors (Lipinski definition) is 7. The van der Waals surface area contributed by atoms with Gasteiger partial charge in [-0.3, -0.25) is 5.32 Å². The molecule has 0 radical (unpaired) electrons. The van der Waals surface area contributed by atoms with E-state index in [1.807, 2.05) is 23.6 Å². The highest BCUT2D eigenvalue weighted by atomic mass is 35.5. The summed E-state index contributed by atoms with van der Waals surface area (Å²) in [6.07, 6.45) is 0. The first-order valence-corrected chi connectivity index (χ1v) is 11.3. The van der Waals surface area contributed by atoms with Gasteiger partial charge in [0, 0.05) is 10.9 Å². The van der Waals surface area contributed by atoms with Crippen LogP contribution in [0.4, 0.5) is 9.93 Å². The van der Waals surface area contributed by atoms with Gasteiger partial charge in [-0.1, -0.05) is 0 Å². The Kier molecular flexibility index (Phi) is 4.87. The second kappa shape index (κ2) is 7.17. The molecule has 0 unspecified atom stereocenters. The number of carbonyl (C=O) groups is 1. The highest BCUT2D eigenvalue weighted by Crippen LogP contribution is 2.35. The molecule has 3 heterocycles. The Balaban J connectivity index is 1.42. The van der Waals surface area contributed by atoms with Gasteiger partial charge in [-0.25, -0.2) is 18.2 Å². The van der Waals surface area contributed by atoms with Gasteiger partial charge >= 0.3 is 6.03 Å². The lowest BCUT2D eigenvalue weighted by Crippen LogP contribution is -2.42. The van der Waals surface area contributed by atoms with Crippen molar-refractivity contribution < 1.29 is 22.7 Å². The van der Waals surface area contributed by atoms with E-state index in [-0.39, 0.29) is 11.5 Å². The summed E-state index contributed by atoms with van der Waals surface area (Å²) >= 11 is 7.26. The van der Waals surface area contributed by atoms with Crippen LogP contribution in [0.1, 0.15) is 0 Å². The molecule has 8 nitrogen and oxygen atoms in total. The molecule has 4 rings (SSSR count). The summed E-state index contributed by atoms with van der Waals surface area (Å²) in [5, 5.41) is 6.78. The largest absolute Gasteiger partial charge is 0.486 e. The zero-order valence-corrected chi connectivity index (χ0v) is 16.4. The molecule has 0 bridgehead atoms. The van der Waals surface area contributed by atoms with E-state index in [1.54, 1.807) is 0 Å². The molecule has 1 saturated heterocycles. The maximum atomic E-state index is 12.1. The number of benzene rings is 1. The fourth-order valence-corrected chi connectivity index (χ4v) is 6.17. The zero-order chi connectivity index (χ0) is 19.0. The van der Waals surface area contributed by atoms with Crippen LogP contribution in [0.3, 0.4) is 0 Å². The summed E-state index contributed by atoms with van der Waals surface area (Å²) in [4.78, 5) is 16.5. The van der Waals surface area contributed by atoms with Gasteiger partial charge in [0.05, 0.1) is 28.6 Å². The van der Waals surface area contributed by atoms with Crippen LogP contribution in [0.5, 0.6) is 11.5 Å². The lowest BCUT2D eigenvalue weighted by Gasteiger charge is -2.18. The van der Waals surface area contributed by atoms with Crippen molar-refractivity contribution in [2.45, 2.75) is 11.4 Å². The number of fused-ring (bicyclic) bond motifs is 1. The Hall–Kier alpha value is -2.04. The average Bonchev–Trinajstić information content (AvgIpc) is 3.18. The summed E-state index contributed by atoms with van der Waals surface area (Å²) in [5.74, 6) is 1.06. The highest BCUT2D eigenvalue weighted by molar-refractivity contribution is 7.91. The normalized spacial score (nSPS) is 23.0. The number of alkyl halides is 1. The third-order valence-electron chi connectivity index (χ3n) is 4.16. The minimum atomic E-state index is -3.21. The molecule has 144 valence electrons. The van der Waals surface area contributed by atoms with Crippen LogP contribution < -0.4 is 20.1 Å². The van der Waals surface area contributed by atoms with Crippen LogP contribution >= 0.6 is 22.9 Å². The molecule has 27 heavy (non-hydrogen) atoms. The molecular weight excluding hydrogens is 414 g/mol. The number of hydrogen-bond donors (Lipinski definition) is 2. The van der Waals surface area contributed by atoms with Crippen LogP contribution in [-0.4, -0.2) is 55.6 Å². The lowest BCUT2D eigenvalue weighted by molar-refractivity contribution is 0.171. The minimum absolute atomic E-state index is 0.134. The molecule has 2 aliphatic heterocycles.